The fourth-order valence-corrected chi connectivity index (χ4v) is 1.11. The van der Waals surface area contributed by atoms with Crippen LogP contribution in [0.2, 0.25) is 0 Å². The zero-order chi connectivity index (χ0) is 18.6. The van der Waals surface area contributed by atoms with E-state index in [4.69, 9.17) is 10.3 Å². The van der Waals surface area contributed by atoms with Gasteiger partial charge in [-0.3, -0.25) is 4.55 Å². The first-order chi connectivity index (χ1) is 9.47. The van der Waals surface area contributed by atoms with Gasteiger partial charge in [0.2, 0.25) is 0 Å². The predicted molar refractivity (Wildman–Crippen MR) is 56.6 cm³/mol. The lowest BCUT2D eigenvalue weighted by Gasteiger charge is -2.34. The van der Waals surface area contributed by atoms with E-state index < -0.39 is 39.8 Å². The number of halogens is 9. The summed E-state index contributed by atoms with van der Waals surface area (Å²) in [5.41, 5.74) is 4.91. The third-order valence-electron chi connectivity index (χ3n) is 1.88. The first-order valence-corrected chi connectivity index (χ1v) is 6.27. The molecular formula is C8H10F9NO3S. The molecule has 4 nitrogen and oxygen atoms in total. The summed E-state index contributed by atoms with van der Waals surface area (Å²) >= 11 is 0. The van der Waals surface area contributed by atoms with Crippen molar-refractivity contribution >= 4 is 10.1 Å². The van der Waals surface area contributed by atoms with Crippen molar-refractivity contribution in [2.75, 3.05) is 13.2 Å². The van der Waals surface area contributed by atoms with Crippen molar-refractivity contribution in [1.29, 1.82) is 0 Å². The Kier molecular flexibility index (Phi) is 7.44. The molecule has 0 spiro atoms. The van der Waals surface area contributed by atoms with Crippen LogP contribution in [0.15, 0.2) is 12.7 Å². The molecule has 22 heavy (non-hydrogen) atoms. The molecule has 0 amide bonds. The summed E-state index contributed by atoms with van der Waals surface area (Å²) < 4.78 is 137. The van der Waals surface area contributed by atoms with Crippen LogP contribution in [0.3, 0.4) is 0 Å². The first-order valence-electron chi connectivity index (χ1n) is 4.83. The first kappa shape index (κ1) is 23.2. The normalized spacial score (nSPS) is 14.1. The minimum Gasteiger partial charge on any atom is -0.327 e. The van der Waals surface area contributed by atoms with E-state index in [-0.39, 0.29) is 0 Å². The summed E-state index contributed by atoms with van der Waals surface area (Å²) in [7, 11) is -7.13. The Balaban J connectivity index is 0. The van der Waals surface area contributed by atoms with Gasteiger partial charge in [0.05, 0.1) is 0 Å². The topological polar surface area (TPSA) is 80.4 Å². The quantitative estimate of drug-likeness (QED) is 0.427. The highest BCUT2D eigenvalue weighted by atomic mass is 32.2. The molecule has 0 aromatic rings. The van der Waals surface area contributed by atoms with Crippen LogP contribution in [-0.2, 0) is 10.1 Å². The summed E-state index contributed by atoms with van der Waals surface area (Å²) in [5.74, 6) is -20.5. The van der Waals surface area contributed by atoms with Gasteiger partial charge >= 0.3 is 33.1 Å². The fraction of sp³-hybridized carbons (Fsp3) is 0.750. The maximum Gasteiger partial charge on any atom is 0.438 e. The van der Waals surface area contributed by atoms with Crippen LogP contribution < -0.4 is 5.73 Å². The highest BCUT2D eigenvalue weighted by molar-refractivity contribution is 7.87. The van der Waals surface area contributed by atoms with Gasteiger partial charge in [0.15, 0.2) is 6.67 Å². The van der Waals surface area contributed by atoms with Gasteiger partial charge in [0, 0.05) is 6.54 Å². The molecule has 0 heterocycles. The minimum atomic E-state index is -7.23. The molecule has 0 fully saturated rings. The van der Waals surface area contributed by atoms with Crippen molar-refractivity contribution < 1.29 is 52.5 Å². The Morgan fingerprint density at radius 2 is 1.32 bits per heavy atom. The second-order valence-corrected chi connectivity index (χ2v) is 4.97. The molecule has 0 rings (SSSR count). The number of hydrogen-bond acceptors (Lipinski definition) is 3. The SMILES string of the molecule is C=CCN.O=S(=O)(O)C(F)(F)C(F)(F)C(F)(F)C(F)(F)CF. The number of alkyl halides is 9. The van der Waals surface area contributed by atoms with Gasteiger partial charge in [-0.25, -0.2) is 4.39 Å². The van der Waals surface area contributed by atoms with Crippen LogP contribution in [-0.4, -0.2) is 49.2 Å². The highest BCUT2D eigenvalue weighted by Gasteiger charge is 2.84. The molecular weight excluding hydrogens is 361 g/mol. The van der Waals surface area contributed by atoms with Crippen LogP contribution in [0.25, 0.3) is 0 Å². The van der Waals surface area contributed by atoms with E-state index in [0.29, 0.717) is 6.54 Å². The molecule has 0 aromatic heterocycles. The predicted octanol–water partition coefficient (Wildman–Crippen LogP) is 2.47. The number of nitrogens with two attached hydrogens (primary N) is 1. The zero-order valence-corrected chi connectivity index (χ0v) is 11.2. The molecule has 0 aliphatic heterocycles. The Hall–Kier alpha value is -1.02. The van der Waals surface area contributed by atoms with Gasteiger partial charge in [-0.2, -0.15) is 43.5 Å². The maximum absolute atomic E-state index is 12.5. The Morgan fingerprint density at radius 1 is 1.00 bits per heavy atom. The molecule has 0 atom stereocenters. The fourth-order valence-electron chi connectivity index (χ4n) is 0.658. The molecule has 0 saturated heterocycles. The molecule has 134 valence electrons. The second kappa shape index (κ2) is 7.04. The second-order valence-electron chi connectivity index (χ2n) is 3.50. The van der Waals surface area contributed by atoms with Crippen LogP contribution in [0.4, 0.5) is 39.5 Å². The van der Waals surface area contributed by atoms with E-state index in [1.807, 2.05) is 0 Å². The van der Waals surface area contributed by atoms with E-state index in [9.17, 15) is 47.9 Å². The standard InChI is InChI=1S/C5H3F9O3S.C3H7N/c6-1-2(7,8)3(9,10)4(11,12)5(13,14)18(15,16)17;1-2-3-4/h1H2,(H,15,16,17);2H,1,3-4H2. The molecule has 0 aliphatic carbocycles. The van der Waals surface area contributed by atoms with Crippen LogP contribution in [0.5, 0.6) is 0 Å². The molecule has 0 bridgehead atoms. The lowest BCUT2D eigenvalue weighted by atomic mass is 10.1. The largest absolute Gasteiger partial charge is 0.438 e. The van der Waals surface area contributed by atoms with E-state index in [0.717, 1.165) is 0 Å². The van der Waals surface area contributed by atoms with Crippen LogP contribution in [0.1, 0.15) is 0 Å². The lowest BCUT2D eigenvalue weighted by Crippen LogP contribution is -2.64. The van der Waals surface area contributed by atoms with Crippen molar-refractivity contribution in [3.63, 3.8) is 0 Å². The molecule has 0 unspecified atom stereocenters. The van der Waals surface area contributed by atoms with Crippen LogP contribution >= 0.6 is 0 Å². The smallest absolute Gasteiger partial charge is 0.327 e. The van der Waals surface area contributed by atoms with Crippen molar-refractivity contribution in [1.82, 2.24) is 0 Å². The molecule has 0 radical (unpaired) electrons. The Morgan fingerprint density at radius 3 is 1.50 bits per heavy atom. The third-order valence-corrected chi connectivity index (χ3v) is 2.78. The Labute approximate surface area is 118 Å². The number of hydrogen-bond donors (Lipinski definition) is 2. The van der Waals surface area contributed by atoms with Crippen molar-refractivity contribution in [2.45, 2.75) is 23.0 Å². The summed E-state index contributed by atoms with van der Waals surface area (Å²) in [6.45, 7) is 0.490. The summed E-state index contributed by atoms with van der Waals surface area (Å²) in [4.78, 5) is 0. The molecule has 14 heteroatoms. The Bertz CT molecular complexity index is 477. The van der Waals surface area contributed by atoms with E-state index in [1.165, 1.54) is 0 Å². The summed E-state index contributed by atoms with van der Waals surface area (Å²) in [6.07, 6.45) is 1.65. The van der Waals surface area contributed by atoms with E-state index in [2.05, 4.69) is 6.58 Å². The van der Waals surface area contributed by atoms with Crippen molar-refractivity contribution in [3.05, 3.63) is 12.7 Å². The third kappa shape index (κ3) is 4.04. The van der Waals surface area contributed by atoms with Crippen LogP contribution in [0, 0.1) is 0 Å². The van der Waals surface area contributed by atoms with E-state index in [1.54, 1.807) is 6.08 Å². The summed E-state index contributed by atoms with van der Waals surface area (Å²) in [6, 6.07) is 0. The zero-order valence-electron chi connectivity index (χ0n) is 10.3. The summed E-state index contributed by atoms with van der Waals surface area (Å²) in [5, 5.41) is -6.93. The average Bonchev–Trinajstić information content (AvgIpc) is 2.36. The van der Waals surface area contributed by atoms with E-state index >= 15 is 0 Å². The van der Waals surface area contributed by atoms with Gasteiger partial charge in [-0.15, -0.1) is 6.58 Å². The van der Waals surface area contributed by atoms with Gasteiger partial charge in [-0.1, -0.05) is 6.08 Å². The lowest BCUT2D eigenvalue weighted by molar-refractivity contribution is -0.350. The molecule has 0 aromatic carbocycles. The van der Waals surface area contributed by atoms with Gasteiger partial charge in [-0.05, 0) is 0 Å². The van der Waals surface area contributed by atoms with Gasteiger partial charge in [0.1, 0.15) is 0 Å². The van der Waals surface area contributed by atoms with Crippen molar-refractivity contribution in [2.24, 2.45) is 5.73 Å². The number of rotatable bonds is 6. The highest BCUT2D eigenvalue weighted by Crippen LogP contribution is 2.54. The minimum absolute atomic E-state index is 0.583. The monoisotopic (exact) mass is 371 g/mol. The van der Waals surface area contributed by atoms with Gasteiger partial charge in [0.25, 0.3) is 0 Å². The molecule has 3 N–H and O–H groups in total. The maximum atomic E-state index is 12.5. The molecule has 0 saturated carbocycles. The average molecular weight is 371 g/mol. The van der Waals surface area contributed by atoms with Crippen molar-refractivity contribution in [3.8, 4) is 0 Å². The molecule has 0 aliphatic rings. The van der Waals surface area contributed by atoms with Gasteiger partial charge < -0.3 is 5.73 Å².